The molecule has 0 saturated heterocycles. The van der Waals surface area contributed by atoms with Crippen LogP contribution in [0.3, 0.4) is 0 Å². The van der Waals surface area contributed by atoms with Crippen molar-refractivity contribution in [1.29, 1.82) is 0 Å². The summed E-state index contributed by atoms with van der Waals surface area (Å²) in [6.45, 7) is 0. The zero-order chi connectivity index (χ0) is 13.1. The summed E-state index contributed by atoms with van der Waals surface area (Å²) in [5.41, 5.74) is 2.35. The van der Waals surface area contributed by atoms with Crippen molar-refractivity contribution < 1.29 is 0 Å². The van der Waals surface area contributed by atoms with E-state index in [0.29, 0.717) is 0 Å². The van der Waals surface area contributed by atoms with Gasteiger partial charge in [0.2, 0.25) is 0 Å². The number of halogens is 4. The van der Waals surface area contributed by atoms with Gasteiger partial charge in [-0.25, -0.2) is 0 Å². The lowest BCUT2D eigenvalue weighted by Gasteiger charge is -2.17. The van der Waals surface area contributed by atoms with Crippen LogP contribution < -0.4 is 0 Å². The summed E-state index contributed by atoms with van der Waals surface area (Å²) in [6, 6.07) is 15.7. The Balaban J connectivity index is 2.20. The highest BCUT2D eigenvalue weighted by atomic mass is 79.9. The van der Waals surface area contributed by atoms with Crippen molar-refractivity contribution >= 4 is 55.1 Å². The summed E-state index contributed by atoms with van der Waals surface area (Å²) < 4.78 is 0. The van der Waals surface area contributed by atoms with Crippen LogP contribution in [0.25, 0.3) is 0 Å². The van der Waals surface area contributed by atoms with Crippen LogP contribution in [0.5, 0.6) is 0 Å². The van der Waals surface area contributed by atoms with Gasteiger partial charge < -0.3 is 0 Å². The Kier molecular flexibility index (Phi) is 5.14. The molecule has 0 radical (unpaired) electrons. The number of hydrogen-bond acceptors (Lipinski definition) is 0. The molecular formula is C14H10Br2Cl2. The average molecular weight is 409 g/mol. The van der Waals surface area contributed by atoms with E-state index in [-0.39, 0.29) is 9.65 Å². The van der Waals surface area contributed by atoms with Crippen molar-refractivity contribution in [1.82, 2.24) is 0 Å². The van der Waals surface area contributed by atoms with Gasteiger partial charge in [-0.05, 0) is 35.4 Å². The second kappa shape index (κ2) is 6.42. The Morgan fingerprint density at radius 1 is 0.611 bits per heavy atom. The predicted molar refractivity (Wildman–Crippen MR) is 86.2 cm³/mol. The molecule has 2 rings (SSSR count). The number of hydrogen-bond donors (Lipinski definition) is 0. The van der Waals surface area contributed by atoms with Gasteiger partial charge in [0.25, 0.3) is 0 Å². The minimum Gasteiger partial charge on any atom is -0.0843 e. The van der Waals surface area contributed by atoms with E-state index in [9.17, 15) is 0 Å². The van der Waals surface area contributed by atoms with Crippen LogP contribution in [0.2, 0.25) is 10.0 Å². The van der Waals surface area contributed by atoms with E-state index in [1.54, 1.807) is 0 Å². The molecule has 0 aromatic heterocycles. The number of alkyl halides is 2. The molecule has 0 nitrogen and oxygen atoms in total. The molecule has 4 heteroatoms. The minimum absolute atomic E-state index is 0.177. The molecule has 0 amide bonds. The van der Waals surface area contributed by atoms with E-state index in [2.05, 4.69) is 31.9 Å². The third-order valence-electron chi connectivity index (χ3n) is 2.63. The van der Waals surface area contributed by atoms with Crippen LogP contribution in [0.4, 0.5) is 0 Å². The van der Waals surface area contributed by atoms with Crippen LogP contribution in [0.15, 0.2) is 48.5 Å². The number of rotatable bonds is 3. The molecule has 0 aliphatic heterocycles. The van der Waals surface area contributed by atoms with Crippen molar-refractivity contribution in [3.63, 3.8) is 0 Å². The maximum atomic E-state index is 5.89. The van der Waals surface area contributed by atoms with Gasteiger partial charge in [-0.3, -0.25) is 0 Å². The van der Waals surface area contributed by atoms with E-state index >= 15 is 0 Å². The Labute approximate surface area is 134 Å². The first kappa shape index (κ1) is 14.4. The first-order valence-corrected chi connectivity index (χ1v) is 7.96. The monoisotopic (exact) mass is 406 g/mol. The summed E-state index contributed by atoms with van der Waals surface area (Å²) in [7, 11) is 0. The van der Waals surface area contributed by atoms with Crippen LogP contribution in [0, 0.1) is 0 Å². The van der Waals surface area contributed by atoms with Crippen molar-refractivity contribution in [2.45, 2.75) is 9.65 Å². The van der Waals surface area contributed by atoms with E-state index in [1.165, 1.54) is 11.1 Å². The molecule has 2 atom stereocenters. The van der Waals surface area contributed by atoms with Gasteiger partial charge in [-0.15, -0.1) is 0 Å². The summed E-state index contributed by atoms with van der Waals surface area (Å²) in [5, 5.41) is 1.49. The van der Waals surface area contributed by atoms with Crippen molar-refractivity contribution in [3.05, 3.63) is 69.7 Å². The fourth-order valence-electron chi connectivity index (χ4n) is 1.63. The highest BCUT2D eigenvalue weighted by Crippen LogP contribution is 2.42. The number of benzene rings is 2. The van der Waals surface area contributed by atoms with E-state index in [0.717, 1.165) is 10.0 Å². The molecule has 0 heterocycles. The molecular weight excluding hydrogens is 399 g/mol. The Bertz CT molecular complexity index is 459. The first-order chi connectivity index (χ1) is 8.58. The highest BCUT2D eigenvalue weighted by Gasteiger charge is 2.19. The lowest BCUT2D eigenvalue weighted by atomic mass is 10.0. The molecule has 0 aliphatic rings. The molecule has 94 valence electrons. The van der Waals surface area contributed by atoms with Crippen LogP contribution in [-0.4, -0.2) is 0 Å². The lowest BCUT2D eigenvalue weighted by molar-refractivity contribution is 0.938. The van der Waals surface area contributed by atoms with Gasteiger partial charge >= 0.3 is 0 Å². The summed E-state index contributed by atoms with van der Waals surface area (Å²) in [5.74, 6) is 0. The van der Waals surface area contributed by atoms with Gasteiger partial charge in [0.05, 0.1) is 9.65 Å². The van der Waals surface area contributed by atoms with Crippen LogP contribution >= 0.6 is 55.1 Å². The largest absolute Gasteiger partial charge is 0.0843 e. The standard InChI is InChI=1S/C14H10Br2Cl2/c15-13(9-1-5-11(17)6-2-9)14(16)10-3-7-12(18)8-4-10/h1-8,13-14H. The maximum Gasteiger partial charge on any atom is 0.0561 e. The van der Waals surface area contributed by atoms with Crippen LogP contribution in [0.1, 0.15) is 20.8 Å². The molecule has 0 fully saturated rings. The van der Waals surface area contributed by atoms with Gasteiger partial charge in [-0.1, -0.05) is 79.3 Å². The van der Waals surface area contributed by atoms with Gasteiger partial charge in [0.15, 0.2) is 0 Å². The maximum absolute atomic E-state index is 5.89. The van der Waals surface area contributed by atoms with Crippen molar-refractivity contribution in [2.24, 2.45) is 0 Å². The minimum atomic E-state index is 0.177. The molecule has 2 aromatic rings. The summed E-state index contributed by atoms with van der Waals surface area (Å²) >= 11 is 19.2. The molecule has 0 saturated carbocycles. The fraction of sp³-hybridized carbons (Fsp3) is 0.143. The van der Waals surface area contributed by atoms with Crippen molar-refractivity contribution in [3.8, 4) is 0 Å². The smallest absolute Gasteiger partial charge is 0.0561 e. The first-order valence-electron chi connectivity index (χ1n) is 5.37. The third-order valence-corrected chi connectivity index (χ3v) is 5.96. The van der Waals surface area contributed by atoms with Crippen LogP contribution in [-0.2, 0) is 0 Å². The molecule has 0 aliphatic carbocycles. The zero-order valence-electron chi connectivity index (χ0n) is 9.29. The Morgan fingerprint density at radius 3 is 1.17 bits per heavy atom. The molecule has 0 spiro atoms. The molecule has 0 N–H and O–H groups in total. The predicted octanol–water partition coefficient (Wildman–Crippen LogP) is 6.57. The Hall–Kier alpha value is -0.0200. The Morgan fingerprint density at radius 2 is 0.889 bits per heavy atom. The molecule has 2 aromatic carbocycles. The lowest BCUT2D eigenvalue weighted by Crippen LogP contribution is -1.99. The summed E-state index contributed by atoms with van der Waals surface area (Å²) in [6.07, 6.45) is 0. The fourth-order valence-corrected chi connectivity index (χ4v) is 3.10. The van der Waals surface area contributed by atoms with Gasteiger partial charge in [-0.2, -0.15) is 0 Å². The normalized spacial score (nSPS) is 14.2. The third kappa shape index (κ3) is 3.51. The van der Waals surface area contributed by atoms with E-state index in [1.807, 2.05) is 48.5 Å². The molecule has 0 bridgehead atoms. The quantitative estimate of drug-likeness (QED) is 0.504. The second-order valence-electron chi connectivity index (χ2n) is 3.91. The molecule has 2 unspecified atom stereocenters. The zero-order valence-corrected chi connectivity index (χ0v) is 14.0. The topological polar surface area (TPSA) is 0 Å². The average Bonchev–Trinajstić information content (AvgIpc) is 2.39. The highest BCUT2D eigenvalue weighted by molar-refractivity contribution is 9.12. The second-order valence-corrected chi connectivity index (χ2v) is 6.75. The molecule has 18 heavy (non-hydrogen) atoms. The van der Waals surface area contributed by atoms with Gasteiger partial charge in [0, 0.05) is 10.0 Å². The van der Waals surface area contributed by atoms with Gasteiger partial charge in [0.1, 0.15) is 0 Å². The van der Waals surface area contributed by atoms with E-state index < -0.39 is 0 Å². The van der Waals surface area contributed by atoms with Crippen molar-refractivity contribution in [2.75, 3.05) is 0 Å². The SMILES string of the molecule is Clc1ccc(C(Br)C(Br)c2ccc(Cl)cc2)cc1. The van der Waals surface area contributed by atoms with E-state index in [4.69, 9.17) is 23.2 Å². The summed E-state index contributed by atoms with van der Waals surface area (Å²) in [4.78, 5) is 0.354.